The van der Waals surface area contributed by atoms with Crippen LogP contribution >= 0.6 is 0 Å². The summed E-state index contributed by atoms with van der Waals surface area (Å²) >= 11 is 0. The van der Waals surface area contributed by atoms with Gasteiger partial charge in [-0.1, -0.05) is 62.3 Å². The van der Waals surface area contributed by atoms with Gasteiger partial charge in [-0.15, -0.1) is 0 Å². The summed E-state index contributed by atoms with van der Waals surface area (Å²) in [4.78, 5) is 0. The first-order valence-electron chi connectivity index (χ1n) is 8.32. The summed E-state index contributed by atoms with van der Waals surface area (Å²) in [5.41, 5.74) is 5.43. The van der Waals surface area contributed by atoms with Crippen molar-refractivity contribution in [2.75, 3.05) is 0 Å². The molecule has 0 aromatic carbocycles. The van der Waals surface area contributed by atoms with Gasteiger partial charge in [0.25, 0.3) is 0 Å². The second-order valence-electron chi connectivity index (χ2n) is 7.99. The molecule has 0 amide bonds. The molecule has 4 aliphatic rings. The maximum atomic E-state index is 4.17. The summed E-state index contributed by atoms with van der Waals surface area (Å²) in [5.74, 6) is 1.60. The molecule has 0 aliphatic heterocycles. The summed E-state index contributed by atoms with van der Waals surface area (Å²) < 4.78 is 0. The van der Waals surface area contributed by atoms with Crippen LogP contribution in [0.15, 0.2) is 47.6 Å². The van der Waals surface area contributed by atoms with Crippen LogP contribution in [0.5, 0.6) is 0 Å². The van der Waals surface area contributed by atoms with Crippen LogP contribution in [-0.4, -0.2) is 0 Å². The van der Waals surface area contributed by atoms with Crippen LogP contribution < -0.4 is 0 Å². The quantitative estimate of drug-likeness (QED) is 0.501. The summed E-state index contributed by atoms with van der Waals surface area (Å²) in [7, 11) is 0. The van der Waals surface area contributed by atoms with Crippen molar-refractivity contribution in [1.82, 2.24) is 0 Å². The Morgan fingerprint density at radius 2 is 2.10 bits per heavy atom. The summed E-state index contributed by atoms with van der Waals surface area (Å²) in [6, 6.07) is 0. The van der Waals surface area contributed by atoms with Gasteiger partial charge in [0.15, 0.2) is 0 Å². The Morgan fingerprint density at radius 3 is 2.95 bits per heavy atom. The zero-order valence-corrected chi connectivity index (χ0v) is 12.9. The Kier molecular flexibility index (Phi) is 2.53. The third-order valence-electron chi connectivity index (χ3n) is 6.80. The highest BCUT2D eigenvalue weighted by atomic mass is 14.5. The van der Waals surface area contributed by atoms with Crippen molar-refractivity contribution in [2.24, 2.45) is 22.7 Å². The van der Waals surface area contributed by atoms with Crippen molar-refractivity contribution in [3.05, 3.63) is 47.6 Å². The highest BCUT2D eigenvalue weighted by Crippen LogP contribution is 2.61. The fourth-order valence-corrected chi connectivity index (χ4v) is 5.41. The summed E-state index contributed by atoms with van der Waals surface area (Å²) in [5, 5.41) is 0. The van der Waals surface area contributed by atoms with E-state index in [-0.39, 0.29) is 0 Å². The van der Waals surface area contributed by atoms with Crippen LogP contribution in [0.3, 0.4) is 0 Å². The van der Waals surface area contributed by atoms with Gasteiger partial charge in [0.1, 0.15) is 0 Å². The predicted molar refractivity (Wildman–Crippen MR) is 85.3 cm³/mol. The van der Waals surface area contributed by atoms with Crippen molar-refractivity contribution in [2.45, 2.75) is 52.4 Å². The predicted octanol–water partition coefficient (Wildman–Crippen LogP) is 5.59. The van der Waals surface area contributed by atoms with E-state index in [4.69, 9.17) is 0 Å². The van der Waals surface area contributed by atoms with E-state index in [1.807, 2.05) is 0 Å². The van der Waals surface area contributed by atoms with Crippen molar-refractivity contribution >= 4 is 0 Å². The van der Waals surface area contributed by atoms with E-state index >= 15 is 0 Å². The topological polar surface area (TPSA) is 0 Å². The van der Waals surface area contributed by atoms with Gasteiger partial charge in [-0.05, 0) is 49.0 Å². The zero-order valence-electron chi connectivity index (χ0n) is 12.9. The summed E-state index contributed by atoms with van der Waals surface area (Å²) in [6.45, 7) is 9.18. The minimum Gasteiger partial charge on any atom is -0.0958 e. The van der Waals surface area contributed by atoms with Crippen LogP contribution in [0.1, 0.15) is 52.4 Å². The molecule has 4 unspecified atom stereocenters. The van der Waals surface area contributed by atoms with E-state index in [1.54, 1.807) is 5.57 Å². The molecule has 106 valence electrons. The molecular weight excluding hydrogens is 240 g/mol. The Morgan fingerprint density at radius 1 is 1.25 bits per heavy atom. The monoisotopic (exact) mass is 266 g/mol. The van der Waals surface area contributed by atoms with Gasteiger partial charge < -0.3 is 0 Å². The lowest BCUT2D eigenvalue weighted by Gasteiger charge is -2.50. The van der Waals surface area contributed by atoms with E-state index in [0.29, 0.717) is 16.7 Å². The van der Waals surface area contributed by atoms with Gasteiger partial charge in [-0.3, -0.25) is 0 Å². The van der Waals surface area contributed by atoms with Crippen molar-refractivity contribution in [3.63, 3.8) is 0 Å². The largest absolute Gasteiger partial charge is 0.0958 e. The second-order valence-corrected chi connectivity index (χ2v) is 7.99. The van der Waals surface area contributed by atoms with Crippen molar-refractivity contribution in [1.29, 1.82) is 0 Å². The number of rotatable bonds is 0. The molecule has 1 fully saturated rings. The normalized spacial score (nSPS) is 46.2. The highest BCUT2D eigenvalue weighted by Gasteiger charge is 2.50. The maximum Gasteiger partial charge on any atom is 0.0142 e. The lowest BCUT2D eigenvalue weighted by Crippen LogP contribution is -2.40. The minimum absolute atomic E-state index is 0.296. The fraction of sp³-hybridized carbons (Fsp3) is 0.600. The minimum atomic E-state index is 0.296. The summed E-state index contributed by atoms with van der Waals surface area (Å²) in [6.07, 6.45) is 17.9. The standard InChI is InChI=1S/C20H26/c1-14-8-12-20(3)15(13-14)6-7-16-17-5-4-10-19(17,2)11-9-18(16)20/h6-7,9,13,16-17H,1,4-5,8,10-12H2,2-3H3. The lowest BCUT2D eigenvalue weighted by atomic mass is 9.54. The van der Waals surface area contributed by atoms with Gasteiger partial charge in [0.05, 0.1) is 0 Å². The first-order valence-corrected chi connectivity index (χ1v) is 8.32. The molecule has 0 aromatic heterocycles. The highest BCUT2D eigenvalue weighted by molar-refractivity contribution is 5.49. The molecular formula is C20H26. The third kappa shape index (κ3) is 1.54. The van der Waals surface area contributed by atoms with Crippen LogP contribution in [0, 0.1) is 22.7 Å². The first-order chi connectivity index (χ1) is 9.53. The molecule has 0 aromatic rings. The molecule has 0 saturated heterocycles. The van der Waals surface area contributed by atoms with Gasteiger partial charge in [-0.25, -0.2) is 0 Å². The molecule has 0 nitrogen and oxygen atoms in total. The number of hydrogen-bond donors (Lipinski definition) is 0. The average Bonchev–Trinajstić information content (AvgIpc) is 2.81. The average molecular weight is 266 g/mol. The molecule has 0 heterocycles. The molecule has 1 saturated carbocycles. The van der Waals surface area contributed by atoms with Crippen LogP contribution in [0.2, 0.25) is 0 Å². The van der Waals surface area contributed by atoms with Crippen molar-refractivity contribution in [3.8, 4) is 0 Å². The van der Waals surface area contributed by atoms with Gasteiger partial charge >= 0.3 is 0 Å². The van der Waals surface area contributed by atoms with Crippen LogP contribution in [0.25, 0.3) is 0 Å². The SMILES string of the molecule is C=C1C=C2C=CC3C(=CCC4(C)CCCC34)C2(C)CC1. The number of allylic oxidation sites excluding steroid dienone is 7. The fourth-order valence-electron chi connectivity index (χ4n) is 5.41. The smallest absolute Gasteiger partial charge is 0.0142 e. The van der Waals surface area contributed by atoms with Crippen LogP contribution in [0.4, 0.5) is 0 Å². The Labute approximate surface area is 123 Å². The Balaban J connectivity index is 1.82. The van der Waals surface area contributed by atoms with Crippen molar-refractivity contribution < 1.29 is 0 Å². The van der Waals surface area contributed by atoms with E-state index in [0.717, 1.165) is 5.92 Å². The van der Waals surface area contributed by atoms with Crippen LogP contribution in [-0.2, 0) is 0 Å². The van der Waals surface area contributed by atoms with Gasteiger partial charge in [0, 0.05) is 11.3 Å². The number of fused-ring (bicyclic) bond motifs is 5. The molecule has 0 bridgehead atoms. The lowest BCUT2D eigenvalue weighted by molar-refractivity contribution is 0.162. The second kappa shape index (κ2) is 4.00. The maximum absolute atomic E-state index is 4.17. The molecule has 20 heavy (non-hydrogen) atoms. The molecule has 0 spiro atoms. The van der Waals surface area contributed by atoms with E-state index in [1.165, 1.54) is 49.7 Å². The zero-order chi connectivity index (χ0) is 14.0. The third-order valence-corrected chi connectivity index (χ3v) is 6.80. The number of hydrogen-bond acceptors (Lipinski definition) is 0. The van der Waals surface area contributed by atoms with E-state index < -0.39 is 0 Å². The Hall–Kier alpha value is -1.04. The molecule has 4 atom stereocenters. The molecule has 4 aliphatic carbocycles. The molecule has 0 N–H and O–H groups in total. The molecule has 0 radical (unpaired) electrons. The van der Waals surface area contributed by atoms with Gasteiger partial charge in [-0.2, -0.15) is 0 Å². The van der Waals surface area contributed by atoms with Gasteiger partial charge in [0.2, 0.25) is 0 Å². The van der Waals surface area contributed by atoms with E-state index in [2.05, 4.69) is 44.7 Å². The molecule has 4 rings (SSSR count). The van der Waals surface area contributed by atoms with E-state index in [9.17, 15) is 0 Å². The Bertz CT molecular complexity index is 559. The molecule has 0 heteroatoms. The first kappa shape index (κ1) is 12.7.